The smallest absolute Gasteiger partial charge is 0.379 e. The van der Waals surface area contributed by atoms with Crippen molar-refractivity contribution in [2.75, 3.05) is 13.3 Å². The van der Waals surface area contributed by atoms with E-state index in [1.54, 1.807) is 0 Å². The van der Waals surface area contributed by atoms with Crippen LogP contribution in [0.4, 0.5) is 0 Å². The maximum absolute atomic E-state index is 12.6. The van der Waals surface area contributed by atoms with Crippen molar-refractivity contribution in [1.82, 2.24) is 0 Å². The highest BCUT2D eigenvalue weighted by molar-refractivity contribution is 7.54. The quantitative estimate of drug-likeness (QED) is 0.528. The minimum atomic E-state index is -3.10. The van der Waals surface area contributed by atoms with Crippen molar-refractivity contribution in [3.8, 4) is 5.75 Å². The monoisotopic (exact) mass is 304 g/mol. The Morgan fingerprint density at radius 2 is 1.86 bits per heavy atom. The second kappa shape index (κ2) is 6.93. The molecule has 0 aromatic heterocycles. The van der Waals surface area contributed by atoms with E-state index in [1.165, 1.54) is 12.7 Å². The Hall–Kier alpha value is -1.57. The topological polar surface area (TPSA) is 35.5 Å². The average molecular weight is 304 g/mol. The Morgan fingerprint density at radius 1 is 1.14 bits per heavy atom. The van der Waals surface area contributed by atoms with Gasteiger partial charge in [0.15, 0.2) is 0 Å². The molecule has 0 saturated heterocycles. The molecule has 2 aromatic carbocycles. The molecule has 0 bridgehead atoms. The minimum absolute atomic E-state index is 0.376. The maximum Gasteiger partial charge on any atom is 0.379 e. The van der Waals surface area contributed by atoms with Crippen molar-refractivity contribution in [2.24, 2.45) is 0 Å². The fraction of sp³-hybridized carbons (Fsp3) is 0.294. The van der Waals surface area contributed by atoms with Crippen LogP contribution in [0, 0.1) is 0 Å². The van der Waals surface area contributed by atoms with Gasteiger partial charge in [-0.15, -0.1) is 0 Å². The first-order chi connectivity index (χ1) is 10.0. The zero-order valence-electron chi connectivity index (χ0n) is 12.7. The molecule has 0 saturated carbocycles. The number of benzene rings is 2. The van der Waals surface area contributed by atoms with E-state index in [-0.39, 0.29) is 0 Å². The molecule has 0 radical (unpaired) electrons. The van der Waals surface area contributed by atoms with E-state index < -0.39 is 7.60 Å². The third-order valence-electron chi connectivity index (χ3n) is 3.20. The molecule has 3 nitrogen and oxygen atoms in total. The van der Waals surface area contributed by atoms with Crippen LogP contribution in [0.25, 0.3) is 10.8 Å². The number of hydrogen-bond donors (Lipinski definition) is 0. The molecule has 0 fully saturated rings. The Kier molecular flexibility index (Phi) is 5.22. The van der Waals surface area contributed by atoms with Crippen LogP contribution < -0.4 is 4.52 Å². The van der Waals surface area contributed by atoms with Crippen LogP contribution in [0.3, 0.4) is 0 Å². The Balaban J connectivity index is 2.15. The standard InChI is InChI=1S/C17H21O3P/c1-14(2)7-6-12-21(18,19-3)20-17-11-10-15-8-4-5-9-16(15)13-17/h4-5,7-11,13H,6,12H2,1-3H3. The number of hydrogen-bond acceptors (Lipinski definition) is 3. The molecule has 21 heavy (non-hydrogen) atoms. The molecule has 112 valence electrons. The normalized spacial score (nSPS) is 13.7. The van der Waals surface area contributed by atoms with E-state index >= 15 is 0 Å². The van der Waals surface area contributed by atoms with Crippen molar-refractivity contribution < 1.29 is 13.6 Å². The van der Waals surface area contributed by atoms with Gasteiger partial charge in [0, 0.05) is 7.11 Å². The van der Waals surface area contributed by atoms with Crippen LogP contribution in [0.15, 0.2) is 54.1 Å². The molecule has 0 spiro atoms. The molecule has 0 amide bonds. The lowest BCUT2D eigenvalue weighted by Gasteiger charge is -2.17. The van der Waals surface area contributed by atoms with Gasteiger partial charge in [-0.05, 0) is 43.2 Å². The molecule has 0 N–H and O–H groups in total. The molecule has 2 rings (SSSR count). The van der Waals surface area contributed by atoms with E-state index in [2.05, 4.69) is 0 Å². The molecule has 0 heterocycles. The summed E-state index contributed by atoms with van der Waals surface area (Å²) in [4.78, 5) is 0. The summed E-state index contributed by atoms with van der Waals surface area (Å²) in [5, 5.41) is 2.18. The summed E-state index contributed by atoms with van der Waals surface area (Å²) in [5.41, 5.74) is 1.20. The van der Waals surface area contributed by atoms with Crippen molar-refractivity contribution in [3.63, 3.8) is 0 Å². The van der Waals surface area contributed by atoms with E-state index in [4.69, 9.17) is 9.05 Å². The number of fused-ring (bicyclic) bond motifs is 1. The summed E-state index contributed by atoms with van der Waals surface area (Å²) >= 11 is 0. The first kappa shape index (κ1) is 15.8. The molecule has 2 aromatic rings. The first-order valence-corrected chi connectivity index (χ1v) is 8.72. The van der Waals surface area contributed by atoms with E-state index in [1.807, 2.05) is 62.4 Å². The largest absolute Gasteiger partial charge is 0.424 e. The summed E-state index contributed by atoms with van der Waals surface area (Å²) < 4.78 is 23.4. The average Bonchev–Trinajstić information content (AvgIpc) is 2.46. The molecule has 1 atom stereocenters. The van der Waals surface area contributed by atoms with Crippen LogP contribution in [-0.2, 0) is 9.09 Å². The summed E-state index contributed by atoms with van der Waals surface area (Å²) in [7, 11) is -1.67. The van der Waals surface area contributed by atoms with Crippen molar-refractivity contribution in [1.29, 1.82) is 0 Å². The Morgan fingerprint density at radius 3 is 2.52 bits per heavy atom. The van der Waals surface area contributed by atoms with Crippen LogP contribution in [0.2, 0.25) is 0 Å². The molecule has 0 aliphatic carbocycles. The molecule has 4 heteroatoms. The lowest BCUT2D eigenvalue weighted by Crippen LogP contribution is -2.00. The summed E-state index contributed by atoms with van der Waals surface area (Å²) in [6.45, 7) is 4.03. The molecule has 0 aliphatic heterocycles. The minimum Gasteiger partial charge on any atom is -0.424 e. The van der Waals surface area contributed by atoms with Gasteiger partial charge in [0.2, 0.25) is 0 Å². The van der Waals surface area contributed by atoms with Gasteiger partial charge >= 0.3 is 7.60 Å². The SMILES string of the molecule is COP(=O)(CCC=C(C)C)Oc1ccc2ccccc2c1. The molecule has 0 aliphatic rings. The molecular formula is C17H21O3P. The highest BCUT2D eigenvalue weighted by Gasteiger charge is 2.23. The predicted octanol–water partition coefficient (Wildman–Crippen LogP) is 5.41. The zero-order valence-corrected chi connectivity index (χ0v) is 13.6. The van der Waals surface area contributed by atoms with Crippen LogP contribution in [0.1, 0.15) is 20.3 Å². The molecule has 1 unspecified atom stereocenters. The van der Waals surface area contributed by atoms with E-state index in [9.17, 15) is 4.57 Å². The van der Waals surface area contributed by atoms with Crippen LogP contribution in [-0.4, -0.2) is 13.3 Å². The number of allylic oxidation sites excluding steroid dienone is 2. The Bertz CT molecular complexity index is 687. The Labute approximate surface area is 126 Å². The van der Waals surface area contributed by atoms with Crippen molar-refractivity contribution in [3.05, 3.63) is 54.1 Å². The maximum atomic E-state index is 12.6. The summed E-state index contributed by atoms with van der Waals surface area (Å²) in [6, 6.07) is 13.7. The van der Waals surface area contributed by atoms with Crippen molar-refractivity contribution in [2.45, 2.75) is 20.3 Å². The van der Waals surface area contributed by atoms with Gasteiger partial charge in [-0.25, -0.2) is 4.57 Å². The highest BCUT2D eigenvalue weighted by Crippen LogP contribution is 2.48. The third-order valence-corrected chi connectivity index (χ3v) is 5.05. The second-order valence-corrected chi connectivity index (χ2v) is 7.40. The second-order valence-electron chi connectivity index (χ2n) is 5.19. The van der Waals surface area contributed by atoms with Gasteiger partial charge in [0.25, 0.3) is 0 Å². The van der Waals surface area contributed by atoms with Gasteiger partial charge in [-0.2, -0.15) is 0 Å². The van der Waals surface area contributed by atoms with Gasteiger partial charge in [0.05, 0.1) is 6.16 Å². The predicted molar refractivity (Wildman–Crippen MR) is 88.1 cm³/mol. The fourth-order valence-electron chi connectivity index (χ4n) is 2.07. The van der Waals surface area contributed by atoms with Crippen LogP contribution >= 0.6 is 7.60 Å². The van der Waals surface area contributed by atoms with Gasteiger partial charge in [0.1, 0.15) is 5.75 Å². The highest BCUT2D eigenvalue weighted by atomic mass is 31.2. The van der Waals surface area contributed by atoms with Crippen LogP contribution in [0.5, 0.6) is 5.75 Å². The molecular weight excluding hydrogens is 283 g/mol. The van der Waals surface area contributed by atoms with Gasteiger partial charge < -0.3 is 9.05 Å². The van der Waals surface area contributed by atoms with E-state index in [0.29, 0.717) is 18.3 Å². The van der Waals surface area contributed by atoms with Gasteiger partial charge in [-0.1, -0.05) is 42.0 Å². The first-order valence-electron chi connectivity index (χ1n) is 6.99. The fourth-order valence-corrected chi connectivity index (χ4v) is 3.30. The lowest BCUT2D eigenvalue weighted by molar-refractivity contribution is 0.322. The van der Waals surface area contributed by atoms with Crippen molar-refractivity contribution >= 4 is 18.4 Å². The third kappa shape index (κ3) is 4.45. The summed E-state index contributed by atoms with van der Waals surface area (Å²) in [5.74, 6) is 0.580. The summed E-state index contributed by atoms with van der Waals surface area (Å²) in [6.07, 6.45) is 3.10. The van der Waals surface area contributed by atoms with Gasteiger partial charge in [-0.3, -0.25) is 0 Å². The zero-order chi connectivity index (χ0) is 15.3. The van der Waals surface area contributed by atoms with E-state index in [0.717, 1.165) is 10.8 Å². The lowest BCUT2D eigenvalue weighted by atomic mass is 10.1. The number of rotatable bonds is 6.